The van der Waals surface area contributed by atoms with Crippen LogP contribution in [0.25, 0.3) is 0 Å². The van der Waals surface area contributed by atoms with E-state index in [1.807, 2.05) is 0 Å². The molecule has 100 valence electrons. The Labute approximate surface area is 112 Å². The molecule has 0 spiro atoms. The van der Waals surface area contributed by atoms with Gasteiger partial charge in [-0.2, -0.15) is 0 Å². The van der Waals surface area contributed by atoms with E-state index in [0.29, 0.717) is 19.8 Å². The molecule has 1 heterocycles. The quantitative estimate of drug-likeness (QED) is 0.352. The molecule has 1 N–H and O–H groups in total. The fraction of sp³-hybridized carbons (Fsp3) is 0.500. The molecule has 1 aromatic heterocycles. The number of hydrogen-bond donors (Lipinski definition) is 1. The first-order valence-electron chi connectivity index (χ1n) is 5.29. The van der Waals surface area contributed by atoms with Crippen LogP contribution in [0.3, 0.4) is 0 Å². The molecule has 0 saturated carbocycles. The third kappa shape index (κ3) is 4.11. The maximum absolute atomic E-state index is 11.7. The molecule has 0 bridgehead atoms. The number of rotatable bonds is 7. The normalized spacial score (nSPS) is 10.3. The molecule has 0 atom stereocenters. The van der Waals surface area contributed by atoms with E-state index in [9.17, 15) is 14.9 Å². The van der Waals surface area contributed by atoms with E-state index in [1.54, 1.807) is 7.05 Å². The van der Waals surface area contributed by atoms with Crippen molar-refractivity contribution in [3.8, 4) is 0 Å². The first-order chi connectivity index (χ1) is 8.56. The SMILES string of the molecule is Cn1cc([N+](=O)[O-])cc1C(=O)NCCOCCBr. The third-order valence-corrected chi connectivity index (χ3v) is 2.51. The second-order valence-electron chi connectivity index (χ2n) is 3.51. The van der Waals surface area contributed by atoms with Gasteiger partial charge in [-0.3, -0.25) is 14.9 Å². The van der Waals surface area contributed by atoms with Crippen LogP contribution in [0.5, 0.6) is 0 Å². The van der Waals surface area contributed by atoms with Gasteiger partial charge in [0.1, 0.15) is 5.69 Å². The Morgan fingerprint density at radius 2 is 2.33 bits per heavy atom. The molecule has 1 amide bonds. The van der Waals surface area contributed by atoms with Crippen molar-refractivity contribution >= 4 is 27.5 Å². The summed E-state index contributed by atoms with van der Waals surface area (Å²) in [6, 6.07) is 1.24. The second-order valence-corrected chi connectivity index (χ2v) is 4.30. The van der Waals surface area contributed by atoms with Gasteiger partial charge in [0.25, 0.3) is 11.6 Å². The van der Waals surface area contributed by atoms with Gasteiger partial charge in [-0.25, -0.2) is 0 Å². The van der Waals surface area contributed by atoms with E-state index in [0.717, 1.165) is 5.33 Å². The maximum atomic E-state index is 11.7. The molecule has 0 aliphatic heterocycles. The summed E-state index contributed by atoms with van der Waals surface area (Å²) in [4.78, 5) is 21.7. The highest BCUT2D eigenvalue weighted by molar-refractivity contribution is 9.09. The van der Waals surface area contributed by atoms with E-state index in [-0.39, 0.29) is 17.3 Å². The average Bonchev–Trinajstić information content (AvgIpc) is 2.71. The topological polar surface area (TPSA) is 86.4 Å². The molecule has 7 nitrogen and oxygen atoms in total. The lowest BCUT2D eigenvalue weighted by molar-refractivity contribution is -0.384. The summed E-state index contributed by atoms with van der Waals surface area (Å²) in [5, 5.41) is 13.9. The number of nitro groups is 1. The zero-order chi connectivity index (χ0) is 13.5. The van der Waals surface area contributed by atoms with Crippen LogP contribution in [-0.4, -0.2) is 40.5 Å². The van der Waals surface area contributed by atoms with Gasteiger partial charge in [0, 0.05) is 25.0 Å². The van der Waals surface area contributed by atoms with Gasteiger partial charge in [-0.05, 0) is 0 Å². The summed E-state index contributed by atoms with van der Waals surface area (Å²) in [5.74, 6) is -0.354. The van der Waals surface area contributed by atoms with E-state index < -0.39 is 4.92 Å². The Morgan fingerprint density at radius 1 is 1.61 bits per heavy atom. The average molecular weight is 320 g/mol. The van der Waals surface area contributed by atoms with E-state index in [1.165, 1.54) is 16.8 Å². The van der Waals surface area contributed by atoms with Gasteiger partial charge in [0.05, 0.1) is 24.3 Å². The van der Waals surface area contributed by atoms with Crippen molar-refractivity contribution in [3.63, 3.8) is 0 Å². The fourth-order valence-electron chi connectivity index (χ4n) is 1.36. The van der Waals surface area contributed by atoms with E-state index in [4.69, 9.17) is 4.74 Å². The molecule has 0 unspecified atom stereocenters. The summed E-state index contributed by atoms with van der Waals surface area (Å²) in [7, 11) is 1.59. The minimum atomic E-state index is -0.532. The minimum absolute atomic E-state index is 0.0989. The third-order valence-electron chi connectivity index (χ3n) is 2.19. The Hall–Kier alpha value is -1.41. The van der Waals surface area contributed by atoms with Crippen molar-refractivity contribution in [2.75, 3.05) is 25.1 Å². The molecule has 0 aliphatic carbocycles. The lowest BCUT2D eigenvalue weighted by Gasteiger charge is -2.05. The van der Waals surface area contributed by atoms with Crippen molar-refractivity contribution < 1.29 is 14.5 Å². The molecule has 1 rings (SSSR count). The standard InChI is InChI=1S/C10H14BrN3O4/c1-13-7-8(14(16)17)6-9(13)10(15)12-3-5-18-4-2-11/h6-7H,2-5H2,1H3,(H,12,15). The van der Waals surface area contributed by atoms with Crippen LogP contribution >= 0.6 is 15.9 Å². The van der Waals surface area contributed by atoms with Crippen LogP contribution in [-0.2, 0) is 11.8 Å². The van der Waals surface area contributed by atoms with E-state index >= 15 is 0 Å². The molecular weight excluding hydrogens is 306 g/mol. The molecule has 0 fully saturated rings. The monoisotopic (exact) mass is 319 g/mol. The predicted octanol–water partition coefficient (Wildman–Crippen LogP) is 1.07. The van der Waals surface area contributed by atoms with Gasteiger partial charge in [-0.1, -0.05) is 15.9 Å². The molecule has 0 radical (unpaired) electrons. The number of carbonyl (C=O) groups is 1. The van der Waals surface area contributed by atoms with Crippen molar-refractivity contribution in [1.29, 1.82) is 0 Å². The minimum Gasteiger partial charge on any atom is -0.379 e. The Bertz CT molecular complexity index is 433. The van der Waals surface area contributed by atoms with Crippen LogP contribution in [0.4, 0.5) is 5.69 Å². The number of nitrogens with zero attached hydrogens (tertiary/aromatic N) is 2. The van der Waals surface area contributed by atoms with Crippen molar-refractivity contribution in [2.24, 2.45) is 7.05 Å². The van der Waals surface area contributed by atoms with Crippen LogP contribution in [0, 0.1) is 10.1 Å². The molecule has 8 heteroatoms. The Balaban J connectivity index is 2.48. The largest absolute Gasteiger partial charge is 0.379 e. The van der Waals surface area contributed by atoms with Crippen molar-refractivity contribution in [2.45, 2.75) is 0 Å². The number of ether oxygens (including phenoxy) is 1. The number of amides is 1. The van der Waals surface area contributed by atoms with Crippen LogP contribution in [0.1, 0.15) is 10.5 Å². The number of nitrogens with one attached hydrogen (secondary N) is 1. The molecular formula is C10H14BrN3O4. The number of aryl methyl sites for hydroxylation is 1. The smallest absolute Gasteiger partial charge is 0.287 e. The molecule has 0 saturated heterocycles. The number of alkyl halides is 1. The molecule has 0 aliphatic rings. The van der Waals surface area contributed by atoms with Gasteiger partial charge in [0.15, 0.2) is 0 Å². The van der Waals surface area contributed by atoms with Crippen molar-refractivity contribution in [3.05, 3.63) is 28.1 Å². The second kappa shape index (κ2) is 7.12. The lowest BCUT2D eigenvalue weighted by atomic mass is 10.4. The number of hydrogen-bond acceptors (Lipinski definition) is 4. The van der Waals surface area contributed by atoms with Crippen LogP contribution in [0.15, 0.2) is 12.3 Å². The highest BCUT2D eigenvalue weighted by Gasteiger charge is 2.16. The number of carbonyl (C=O) groups excluding carboxylic acids is 1. The zero-order valence-electron chi connectivity index (χ0n) is 9.89. The molecule has 1 aromatic rings. The number of aromatic nitrogens is 1. The molecule has 18 heavy (non-hydrogen) atoms. The summed E-state index contributed by atoms with van der Waals surface area (Å²) >= 11 is 3.21. The van der Waals surface area contributed by atoms with Gasteiger partial charge in [-0.15, -0.1) is 0 Å². The fourth-order valence-corrected chi connectivity index (χ4v) is 1.59. The van der Waals surface area contributed by atoms with Gasteiger partial charge < -0.3 is 14.6 Å². The maximum Gasteiger partial charge on any atom is 0.287 e. The summed E-state index contributed by atoms with van der Waals surface area (Å²) in [6.45, 7) is 1.35. The first kappa shape index (κ1) is 14.7. The van der Waals surface area contributed by atoms with Crippen molar-refractivity contribution in [1.82, 2.24) is 9.88 Å². The highest BCUT2D eigenvalue weighted by atomic mass is 79.9. The van der Waals surface area contributed by atoms with Crippen LogP contribution in [0.2, 0.25) is 0 Å². The Morgan fingerprint density at radius 3 is 2.89 bits per heavy atom. The Kier molecular flexibility index (Phi) is 5.79. The summed E-state index contributed by atoms with van der Waals surface area (Å²) in [6.07, 6.45) is 1.30. The zero-order valence-corrected chi connectivity index (χ0v) is 11.5. The molecule has 0 aromatic carbocycles. The summed E-state index contributed by atoms with van der Waals surface area (Å²) in [5.41, 5.74) is 0.153. The highest BCUT2D eigenvalue weighted by Crippen LogP contribution is 2.14. The van der Waals surface area contributed by atoms with Gasteiger partial charge in [0.2, 0.25) is 0 Å². The lowest BCUT2D eigenvalue weighted by Crippen LogP contribution is -2.28. The van der Waals surface area contributed by atoms with E-state index in [2.05, 4.69) is 21.2 Å². The first-order valence-corrected chi connectivity index (χ1v) is 6.41. The van der Waals surface area contributed by atoms with Gasteiger partial charge >= 0.3 is 0 Å². The summed E-state index contributed by atoms with van der Waals surface area (Å²) < 4.78 is 6.59. The van der Waals surface area contributed by atoms with Crippen LogP contribution < -0.4 is 5.32 Å². The predicted molar refractivity (Wildman–Crippen MR) is 69.0 cm³/mol. The number of halogens is 1.